The number of benzene rings is 2. The van der Waals surface area contributed by atoms with Crippen molar-refractivity contribution < 1.29 is 4.74 Å². The first-order valence-electron chi connectivity index (χ1n) is 8.47. The van der Waals surface area contributed by atoms with E-state index >= 15 is 0 Å². The minimum absolute atomic E-state index is 0.291. The Morgan fingerprint density at radius 1 is 1.20 bits per heavy atom. The Morgan fingerprint density at radius 3 is 2.76 bits per heavy atom. The van der Waals surface area contributed by atoms with Gasteiger partial charge in [0.25, 0.3) is 0 Å². The number of rotatable bonds is 10. The zero-order valence-electron chi connectivity index (χ0n) is 14.7. The molecule has 1 N–H and O–H groups in total. The predicted octanol–water partition coefficient (Wildman–Crippen LogP) is 4.07. The van der Waals surface area contributed by atoms with Crippen molar-refractivity contribution in [3.05, 3.63) is 64.1 Å². The summed E-state index contributed by atoms with van der Waals surface area (Å²) in [5.41, 5.74) is 2.46. The number of nitrogens with zero attached hydrogens (tertiary/aromatic N) is 1. The lowest BCUT2D eigenvalue weighted by Crippen LogP contribution is -2.24. The third kappa shape index (κ3) is 7.31. The van der Waals surface area contributed by atoms with Crippen molar-refractivity contribution >= 4 is 15.9 Å². The van der Waals surface area contributed by atoms with Crippen LogP contribution in [0.15, 0.2) is 53.0 Å². The van der Waals surface area contributed by atoms with E-state index in [1.54, 1.807) is 0 Å². The average molecular weight is 401 g/mol. The van der Waals surface area contributed by atoms with E-state index in [0.29, 0.717) is 6.61 Å². The molecular weight excluding hydrogens is 376 g/mol. The van der Waals surface area contributed by atoms with Crippen LogP contribution in [0.2, 0.25) is 0 Å². The van der Waals surface area contributed by atoms with E-state index in [0.717, 1.165) is 48.4 Å². The topological polar surface area (TPSA) is 24.5 Å². The maximum atomic E-state index is 5.60. The highest BCUT2D eigenvalue weighted by Gasteiger charge is 2.05. The summed E-state index contributed by atoms with van der Waals surface area (Å²) in [6.45, 7) is 4.05. The fraction of sp³-hybridized carbons (Fsp3) is 0.333. The molecule has 0 saturated heterocycles. The molecule has 0 aliphatic heterocycles. The first kappa shape index (κ1) is 19.5. The quantitative estimate of drug-likeness (QED) is 0.480. The molecule has 2 aromatic rings. The van der Waals surface area contributed by atoms with Gasteiger partial charge in [-0.3, -0.25) is 0 Å². The number of ether oxygens (including phenoxy) is 1. The number of halogens is 1. The zero-order valence-corrected chi connectivity index (χ0v) is 16.3. The van der Waals surface area contributed by atoms with E-state index < -0.39 is 0 Å². The molecule has 0 fully saturated rings. The minimum Gasteiger partial charge on any atom is -0.481 e. The Bertz CT molecular complexity index is 682. The van der Waals surface area contributed by atoms with E-state index in [1.807, 2.05) is 12.1 Å². The van der Waals surface area contributed by atoms with Gasteiger partial charge >= 0.3 is 0 Å². The molecule has 0 radical (unpaired) electrons. The van der Waals surface area contributed by atoms with Gasteiger partial charge in [-0.15, -0.1) is 6.42 Å². The summed E-state index contributed by atoms with van der Waals surface area (Å²) >= 11 is 3.51. The minimum atomic E-state index is 0.291. The first-order chi connectivity index (χ1) is 12.2. The van der Waals surface area contributed by atoms with Gasteiger partial charge in [0.1, 0.15) is 12.4 Å². The van der Waals surface area contributed by atoms with Crippen LogP contribution < -0.4 is 10.1 Å². The van der Waals surface area contributed by atoms with Crippen LogP contribution in [0, 0.1) is 12.3 Å². The van der Waals surface area contributed by atoms with Gasteiger partial charge in [0.15, 0.2) is 0 Å². The highest BCUT2D eigenvalue weighted by Crippen LogP contribution is 2.23. The molecule has 0 heterocycles. The van der Waals surface area contributed by atoms with Gasteiger partial charge in [0.05, 0.1) is 0 Å². The number of hydrogen-bond donors (Lipinski definition) is 1. The van der Waals surface area contributed by atoms with Crippen molar-refractivity contribution in [2.24, 2.45) is 0 Å². The van der Waals surface area contributed by atoms with E-state index in [4.69, 9.17) is 11.2 Å². The maximum absolute atomic E-state index is 5.60. The molecule has 4 heteroatoms. The largest absolute Gasteiger partial charge is 0.481 e. The summed E-state index contributed by atoms with van der Waals surface area (Å²) in [6, 6.07) is 16.5. The summed E-state index contributed by atoms with van der Waals surface area (Å²) < 4.78 is 6.64. The average Bonchev–Trinajstić information content (AvgIpc) is 2.61. The van der Waals surface area contributed by atoms with Gasteiger partial charge in [0, 0.05) is 23.1 Å². The Hall–Kier alpha value is -1.80. The summed E-state index contributed by atoms with van der Waals surface area (Å²) in [6.07, 6.45) is 6.37. The van der Waals surface area contributed by atoms with E-state index in [2.05, 4.69) is 75.5 Å². The summed E-state index contributed by atoms with van der Waals surface area (Å²) in [5.74, 6) is 3.35. The third-order valence-electron chi connectivity index (χ3n) is 3.84. The molecule has 0 bridgehead atoms. The van der Waals surface area contributed by atoms with Gasteiger partial charge in [-0.25, -0.2) is 0 Å². The second-order valence-electron chi connectivity index (χ2n) is 6.00. The van der Waals surface area contributed by atoms with Crippen molar-refractivity contribution in [2.75, 3.05) is 26.7 Å². The Labute approximate surface area is 159 Å². The highest BCUT2D eigenvalue weighted by atomic mass is 79.9. The number of terminal acetylenes is 1. The lowest BCUT2D eigenvalue weighted by molar-refractivity contribution is 0.319. The van der Waals surface area contributed by atoms with E-state index in [-0.39, 0.29) is 0 Å². The number of hydrogen-bond acceptors (Lipinski definition) is 3. The summed E-state index contributed by atoms with van der Waals surface area (Å²) in [7, 11) is 2.16. The monoisotopic (exact) mass is 400 g/mol. The molecule has 0 atom stereocenters. The molecule has 0 spiro atoms. The van der Waals surface area contributed by atoms with Crippen LogP contribution in [-0.2, 0) is 13.1 Å². The second kappa shape index (κ2) is 10.9. The van der Waals surface area contributed by atoms with Crippen molar-refractivity contribution in [3.8, 4) is 18.1 Å². The van der Waals surface area contributed by atoms with Crippen LogP contribution >= 0.6 is 15.9 Å². The lowest BCUT2D eigenvalue weighted by atomic mass is 10.2. The van der Waals surface area contributed by atoms with Gasteiger partial charge in [-0.2, -0.15) is 0 Å². The molecule has 2 rings (SSSR count). The summed E-state index contributed by atoms with van der Waals surface area (Å²) in [4.78, 5) is 2.34. The molecule has 0 amide bonds. The van der Waals surface area contributed by atoms with Crippen LogP contribution in [0.4, 0.5) is 0 Å². The first-order valence-corrected chi connectivity index (χ1v) is 9.26. The standard InChI is InChI=1S/C21H25BrN2O/c1-3-14-25-21-11-10-20(22)15-19(21)16-23-12-7-13-24(2)17-18-8-5-4-6-9-18/h1,4-6,8-11,15,23H,7,12-14,16-17H2,2H3. The van der Waals surface area contributed by atoms with Crippen LogP contribution in [-0.4, -0.2) is 31.6 Å². The second-order valence-corrected chi connectivity index (χ2v) is 6.91. The molecule has 25 heavy (non-hydrogen) atoms. The fourth-order valence-electron chi connectivity index (χ4n) is 2.62. The molecule has 0 saturated carbocycles. The van der Waals surface area contributed by atoms with E-state index in [1.165, 1.54) is 5.56 Å². The molecule has 132 valence electrons. The highest BCUT2D eigenvalue weighted by molar-refractivity contribution is 9.10. The van der Waals surface area contributed by atoms with Gasteiger partial charge in [0.2, 0.25) is 0 Å². The Balaban J connectivity index is 1.70. The van der Waals surface area contributed by atoms with Crippen LogP contribution in [0.1, 0.15) is 17.5 Å². The number of nitrogens with one attached hydrogen (secondary N) is 1. The van der Waals surface area contributed by atoms with Crippen LogP contribution in [0.3, 0.4) is 0 Å². The maximum Gasteiger partial charge on any atom is 0.148 e. The van der Waals surface area contributed by atoms with Gasteiger partial charge in [-0.1, -0.05) is 52.2 Å². The fourth-order valence-corrected chi connectivity index (χ4v) is 3.03. The van der Waals surface area contributed by atoms with Crippen molar-refractivity contribution in [1.82, 2.24) is 10.2 Å². The summed E-state index contributed by atoms with van der Waals surface area (Å²) in [5, 5.41) is 3.49. The van der Waals surface area contributed by atoms with E-state index in [9.17, 15) is 0 Å². The Kier molecular flexibility index (Phi) is 8.54. The van der Waals surface area contributed by atoms with Crippen molar-refractivity contribution in [3.63, 3.8) is 0 Å². The molecule has 2 aromatic carbocycles. The smallest absolute Gasteiger partial charge is 0.148 e. The molecule has 0 unspecified atom stereocenters. The molecule has 0 aromatic heterocycles. The SMILES string of the molecule is C#CCOc1ccc(Br)cc1CNCCCN(C)Cc1ccccc1. The third-order valence-corrected chi connectivity index (χ3v) is 4.33. The van der Waals surface area contributed by atoms with Gasteiger partial charge in [-0.05, 0) is 50.3 Å². The van der Waals surface area contributed by atoms with Gasteiger partial charge < -0.3 is 15.0 Å². The zero-order chi connectivity index (χ0) is 17.9. The molecule has 3 nitrogen and oxygen atoms in total. The van der Waals surface area contributed by atoms with Crippen LogP contribution in [0.25, 0.3) is 0 Å². The molecule has 0 aliphatic carbocycles. The van der Waals surface area contributed by atoms with Crippen molar-refractivity contribution in [1.29, 1.82) is 0 Å². The lowest BCUT2D eigenvalue weighted by Gasteiger charge is -2.17. The normalized spacial score (nSPS) is 10.6. The van der Waals surface area contributed by atoms with Crippen molar-refractivity contribution in [2.45, 2.75) is 19.5 Å². The Morgan fingerprint density at radius 2 is 2.00 bits per heavy atom. The van der Waals surface area contributed by atoms with Crippen LogP contribution in [0.5, 0.6) is 5.75 Å². The molecular formula is C21H25BrN2O. The predicted molar refractivity (Wildman–Crippen MR) is 108 cm³/mol. The molecule has 0 aliphatic rings.